The van der Waals surface area contributed by atoms with Gasteiger partial charge in [-0.15, -0.1) is 0 Å². The van der Waals surface area contributed by atoms with E-state index in [1.807, 2.05) is 0 Å². The maximum Gasteiger partial charge on any atom is 0.321 e. The van der Waals surface area contributed by atoms with Crippen molar-refractivity contribution in [1.29, 1.82) is 0 Å². The summed E-state index contributed by atoms with van der Waals surface area (Å²) >= 11 is 0. The lowest BCUT2D eigenvalue weighted by Gasteiger charge is -2.02. The van der Waals surface area contributed by atoms with Crippen molar-refractivity contribution >= 4 is 27.9 Å². The van der Waals surface area contributed by atoms with Gasteiger partial charge in [0, 0.05) is 12.5 Å². The molecule has 0 radical (unpaired) electrons. The third-order valence-electron chi connectivity index (χ3n) is 0.782. The van der Waals surface area contributed by atoms with Crippen molar-refractivity contribution in [2.75, 3.05) is 24.4 Å². The smallest absolute Gasteiger partial charge is 0.294 e. The van der Waals surface area contributed by atoms with Crippen LogP contribution in [-0.4, -0.2) is 41.2 Å². The fourth-order valence-electron chi connectivity index (χ4n) is 0.352. The van der Waals surface area contributed by atoms with Crippen LogP contribution in [0, 0.1) is 0 Å². The van der Waals surface area contributed by atoms with Crippen LogP contribution >= 0.6 is 8.25 Å². The van der Waals surface area contributed by atoms with E-state index in [0.29, 0.717) is 0 Å². The van der Waals surface area contributed by atoms with Crippen LogP contribution in [0.15, 0.2) is 0 Å². The largest absolute Gasteiger partial charge is 0.321 e. The molecule has 0 aliphatic rings. The minimum Gasteiger partial charge on any atom is -0.294 e. The molecular weight excluding hydrogens is 255 g/mol. The van der Waals surface area contributed by atoms with E-state index in [4.69, 9.17) is 0 Å². The number of hydrogen-bond acceptors (Lipinski definition) is 7. The Morgan fingerprint density at radius 2 is 1.21 bits per heavy atom. The Morgan fingerprint density at radius 1 is 0.929 bits per heavy atom. The van der Waals surface area contributed by atoms with Gasteiger partial charge in [-0.25, -0.2) is 16.8 Å². The van der Waals surface area contributed by atoms with E-state index in [1.165, 1.54) is 0 Å². The summed E-state index contributed by atoms with van der Waals surface area (Å²) in [5.41, 5.74) is 0. The quantitative estimate of drug-likeness (QED) is 0.592. The Bertz CT molecular complexity index is 355. The predicted molar refractivity (Wildman–Crippen MR) is 50.6 cm³/mol. The molecule has 0 N–H and O–H groups in total. The van der Waals surface area contributed by atoms with E-state index in [1.54, 1.807) is 0 Å². The summed E-state index contributed by atoms with van der Waals surface area (Å²) in [7, 11) is -9.86. The average molecular weight is 266 g/mol. The van der Waals surface area contributed by atoms with Crippen LogP contribution in [0.1, 0.15) is 0 Å². The second kappa shape index (κ2) is 5.22. The van der Waals surface area contributed by atoms with Gasteiger partial charge in [-0.1, -0.05) is 0 Å². The Morgan fingerprint density at radius 3 is 1.43 bits per heavy atom. The highest BCUT2D eigenvalue weighted by molar-refractivity contribution is 7.91. The molecule has 0 aromatic heterocycles. The number of hydrogen-bond donors (Lipinski definition) is 0. The van der Waals surface area contributed by atoms with E-state index in [-0.39, 0.29) is 0 Å². The monoisotopic (exact) mass is 266 g/mol. The molecule has 0 spiro atoms. The molecule has 0 amide bonds. The first-order valence-corrected chi connectivity index (χ1v) is 8.60. The maximum atomic E-state index is 10.7. The second-order valence-electron chi connectivity index (χ2n) is 2.63. The molecule has 0 atom stereocenters. The lowest BCUT2D eigenvalue weighted by molar-refractivity contribution is 0.276. The van der Waals surface area contributed by atoms with Crippen LogP contribution in [-0.2, 0) is 33.3 Å². The first-order chi connectivity index (χ1) is 6.10. The maximum absolute atomic E-state index is 10.7. The van der Waals surface area contributed by atoms with Crippen LogP contribution in [0.2, 0.25) is 0 Å². The molecule has 14 heavy (non-hydrogen) atoms. The van der Waals surface area contributed by atoms with Crippen LogP contribution in [0.5, 0.6) is 0 Å². The fraction of sp³-hybridized carbons (Fsp3) is 1.00. The molecule has 0 unspecified atom stereocenters. The highest BCUT2D eigenvalue weighted by Gasteiger charge is 2.09. The topological polar surface area (TPSA) is 104 Å². The van der Waals surface area contributed by atoms with E-state index in [2.05, 4.69) is 9.05 Å². The van der Waals surface area contributed by atoms with Gasteiger partial charge in [0.05, 0.1) is 0 Å². The van der Waals surface area contributed by atoms with Gasteiger partial charge in [0.1, 0.15) is 0 Å². The molecule has 0 aromatic carbocycles. The van der Waals surface area contributed by atoms with Gasteiger partial charge in [0.25, 0.3) is 0 Å². The third-order valence-corrected chi connectivity index (χ3v) is 3.05. The molecule has 0 bridgehead atoms. The summed E-state index contributed by atoms with van der Waals surface area (Å²) in [4.78, 5) is 0. The van der Waals surface area contributed by atoms with E-state index < -0.39 is 39.8 Å². The Labute approximate surface area is 83.2 Å². The normalized spacial score (nSPS) is 13.4. The highest BCUT2D eigenvalue weighted by atomic mass is 32.2. The summed E-state index contributed by atoms with van der Waals surface area (Å²) in [6.07, 6.45) is 1.78. The minimum atomic E-state index is -3.40. The van der Waals surface area contributed by atoms with Crippen molar-refractivity contribution in [1.82, 2.24) is 0 Å². The highest BCUT2D eigenvalue weighted by Crippen LogP contribution is 2.24. The van der Waals surface area contributed by atoms with Gasteiger partial charge in [-0.05, 0) is 0 Å². The predicted octanol–water partition coefficient (Wildman–Crippen LogP) is -0.587. The summed E-state index contributed by atoms with van der Waals surface area (Å²) in [6, 6.07) is 0. The summed E-state index contributed by atoms with van der Waals surface area (Å²) in [6.45, 7) is 0. The Kier molecular flexibility index (Phi) is 5.24. The van der Waals surface area contributed by atoms with Crippen molar-refractivity contribution in [2.45, 2.75) is 0 Å². The van der Waals surface area contributed by atoms with Gasteiger partial charge in [-0.2, -0.15) is 0 Å². The standard InChI is InChI=1S/C4H11O7PS2/c1-13(6,7)3-10-12(5)11-4-14(2,8)9/h12H,3-4H2,1-2H3. The summed E-state index contributed by atoms with van der Waals surface area (Å²) in [5.74, 6) is -1.51. The van der Waals surface area contributed by atoms with E-state index in [9.17, 15) is 21.4 Å². The van der Waals surface area contributed by atoms with Crippen LogP contribution < -0.4 is 0 Å². The van der Waals surface area contributed by atoms with Gasteiger partial charge >= 0.3 is 8.25 Å². The minimum absolute atomic E-state index is 0.755. The lowest BCUT2D eigenvalue weighted by Crippen LogP contribution is -2.06. The third kappa shape index (κ3) is 10.1. The van der Waals surface area contributed by atoms with Crippen molar-refractivity contribution in [3.05, 3.63) is 0 Å². The average Bonchev–Trinajstić information content (AvgIpc) is 1.94. The van der Waals surface area contributed by atoms with Crippen molar-refractivity contribution in [3.63, 3.8) is 0 Å². The molecule has 0 saturated carbocycles. The zero-order valence-electron chi connectivity index (χ0n) is 7.59. The van der Waals surface area contributed by atoms with Crippen LogP contribution in [0.25, 0.3) is 0 Å². The van der Waals surface area contributed by atoms with E-state index >= 15 is 0 Å². The zero-order valence-corrected chi connectivity index (χ0v) is 10.2. The van der Waals surface area contributed by atoms with Gasteiger partial charge in [-0.3, -0.25) is 13.6 Å². The molecule has 10 heteroatoms. The molecule has 0 aliphatic heterocycles. The molecule has 0 fully saturated rings. The zero-order chi connectivity index (χ0) is 11.4. The first kappa shape index (κ1) is 14.1. The Balaban J connectivity index is 3.91. The molecule has 0 heterocycles. The number of sulfone groups is 2. The van der Waals surface area contributed by atoms with Gasteiger partial charge in [0.2, 0.25) is 0 Å². The molecule has 0 aliphatic carbocycles. The molecule has 86 valence electrons. The lowest BCUT2D eigenvalue weighted by atomic mass is 11.7. The van der Waals surface area contributed by atoms with Gasteiger partial charge in [0.15, 0.2) is 31.6 Å². The van der Waals surface area contributed by atoms with Crippen LogP contribution in [0.4, 0.5) is 0 Å². The second-order valence-corrected chi connectivity index (χ2v) is 7.88. The van der Waals surface area contributed by atoms with Crippen molar-refractivity contribution < 1.29 is 30.4 Å². The van der Waals surface area contributed by atoms with Gasteiger partial charge < -0.3 is 0 Å². The fourth-order valence-corrected chi connectivity index (χ4v) is 2.92. The Hall–Kier alpha value is 0.0500. The summed E-state index contributed by atoms with van der Waals surface area (Å²) in [5, 5.41) is 0. The van der Waals surface area contributed by atoms with Crippen molar-refractivity contribution in [3.8, 4) is 0 Å². The first-order valence-electron chi connectivity index (χ1n) is 3.25. The van der Waals surface area contributed by atoms with E-state index in [0.717, 1.165) is 12.5 Å². The number of rotatable bonds is 6. The molecule has 0 rings (SSSR count). The molecule has 7 nitrogen and oxygen atoms in total. The molecule has 0 saturated heterocycles. The molecular formula is C4H11O7PS2. The van der Waals surface area contributed by atoms with Crippen LogP contribution in [0.3, 0.4) is 0 Å². The SMILES string of the molecule is CS(=O)(=O)CO[PH](=O)OCS(C)(=O)=O. The summed E-state index contributed by atoms with van der Waals surface area (Å²) < 4.78 is 61.4. The molecule has 0 aromatic rings. The van der Waals surface area contributed by atoms with Crippen molar-refractivity contribution in [2.24, 2.45) is 0 Å².